The summed E-state index contributed by atoms with van der Waals surface area (Å²) in [4.78, 5) is 27.4. The zero-order valence-electron chi connectivity index (χ0n) is 16.3. The molecule has 1 aliphatic carbocycles. The smallest absolute Gasteiger partial charge is 0.416 e. The van der Waals surface area contributed by atoms with Gasteiger partial charge in [-0.1, -0.05) is 5.16 Å². The summed E-state index contributed by atoms with van der Waals surface area (Å²) < 4.78 is 32.0. The molecule has 29 heavy (non-hydrogen) atoms. The second-order valence-corrected chi connectivity index (χ2v) is 8.28. The van der Waals surface area contributed by atoms with Gasteiger partial charge in [0.25, 0.3) is 0 Å². The van der Waals surface area contributed by atoms with Gasteiger partial charge in [-0.3, -0.25) is 9.69 Å². The average Bonchev–Trinajstić information content (AvgIpc) is 3.21. The van der Waals surface area contributed by atoms with E-state index in [0.717, 1.165) is 19.3 Å². The number of hydrogen-bond donors (Lipinski definition) is 0. The highest BCUT2D eigenvalue weighted by Gasteiger charge is 2.51. The van der Waals surface area contributed by atoms with E-state index in [4.69, 9.17) is 14.0 Å². The molecule has 0 unspecified atom stereocenters. The van der Waals surface area contributed by atoms with Crippen LogP contribution in [0.4, 0.5) is 20.7 Å². The number of rotatable bonds is 3. The monoisotopic (exact) mass is 403 g/mol. The largest absolute Gasteiger partial charge is 0.441 e. The number of ether oxygens (including phenoxy) is 2. The number of carbonyl (C=O) groups is 2. The van der Waals surface area contributed by atoms with Crippen molar-refractivity contribution in [2.24, 2.45) is 0 Å². The van der Waals surface area contributed by atoms with E-state index < -0.39 is 17.5 Å². The quantitative estimate of drug-likeness (QED) is 0.727. The molecule has 5 rings (SSSR count). The summed E-state index contributed by atoms with van der Waals surface area (Å²) in [6.45, 7) is 5.07. The maximum atomic E-state index is 15.5. The maximum absolute atomic E-state index is 15.5. The predicted octanol–water partition coefficient (Wildman–Crippen LogP) is 3.27. The summed E-state index contributed by atoms with van der Waals surface area (Å²) in [5, 5.41) is 4.24. The van der Waals surface area contributed by atoms with E-state index in [1.807, 2.05) is 13.8 Å². The molecule has 2 atom stereocenters. The molecule has 0 bridgehead atoms. The number of aromatic nitrogens is 1. The van der Waals surface area contributed by atoms with Crippen molar-refractivity contribution in [2.75, 3.05) is 29.4 Å². The summed E-state index contributed by atoms with van der Waals surface area (Å²) >= 11 is 0. The Balaban J connectivity index is 1.58. The maximum Gasteiger partial charge on any atom is 0.416 e. The average molecular weight is 403 g/mol. The fourth-order valence-electron chi connectivity index (χ4n) is 4.62. The number of halogens is 1. The first-order valence-electron chi connectivity index (χ1n) is 9.89. The van der Waals surface area contributed by atoms with E-state index in [2.05, 4.69) is 5.16 Å². The van der Waals surface area contributed by atoms with Crippen LogP contribution in [0.2, 0.25) is 0 Å². The number of fused-ring (bicyclic) bond motifs is 1. The van der Waals surface area contributed by atoms with Crippen LogP contribution in [-0.4, -0.2) is 55.0 Å². The molecule has 2 aliphatic heterocycles. The van der Waals surface area contributed by atoms with Crippen LogP contribution < -0.4 is 9.80 Å². The van der Waals surface area contributed by atoms with Gasteiger partial charge in [-0.2, -0.15) is 0 Å². The summed E-state index contributed by atoms with van der Waals surface area (Å²) in [6.07, 6.45) is 2.51. The summed E-state index contributed by atoms with van der Waals surface area (Å²) in [6, 6.07) is 1.54. The van der Waals surface area contributed by atoms with Crippen molar-refractivity contribution in [3.63, 3.8) is 0 Å². The topological polar surface area (TPSA) is 85.1 Å². The van der Waals surface area contributed by atoms with Crippen molar-refractivity contribution < 1.29 is 28.0 Å². The predicted molar refractivity (Wildman–Crippen MR) is 102 cm³/mol. The number of amides is 1. The van der Waals surface area contributed by atoms with Gasteiger partial charge in [0.2, 0.25) is 5.58 Å². The third-order valence-corrected chi connectivity index (χ3v) is 6.04. The fraction of sp³-hybridized carbons (Fsp3) is 0.550. The Morgan fingerprint density at radius 1 is 1.28 bits per heavy atom. The van der Waals surface area contributed by atoms with Gasteiger partial charge >= 0.3 is 6.09 Å². The molecule has 0 N–H and O–H groups in total. The molecule has 154 valence electrons. The molecule has 1 aromatic heterocycles. The van der Waals surface area contributed by atoms with Crippen molar-refractivity contribution >= 4 is 34.9 Å². The number of carbonyl (C=O) groups excluding carboxylic acids is 2. The lowest BCUT2D eigenvalue weighted by molar-refractivity contribution is -0.00663. The Hall–Kier alpha value is -2.68. The molecule has 3 heterocycles. The van der Waals surface area contributed by atoms with Crippen LogP contribution in [0.5, 0.6) is 0 Å². The fourth-order valence-corrected chi connectivity index (χ4v) is 4.62. The third kappa shape index (κ3) is 2.78. The molecule has 8 nitrogen and oxygen atoms in total. The van der Waals surface area contributed by atoms with Crippen LogP contribution in [-0.2, 0) is 9.47 Å². The standard InChI is InChI=1S/C20H22FN3O5/c1-11-7-23(8-12(2)27-11)16-13(9-25)6-14-17(15(16)21)29-22-18(14)24-10-20(4-3-5-20)28-19(24)26/h6,9,11-12H,3-5,7-8,10H2,1-2H3/t11-,12-/m1/s1. The molecule has 0 radical (unpaired) electrons. The van der Waals surface area contributed by atoms with Gasteiger partial charge in [0.05, 0.1) is 29.8 Å². The molecule has 1 spiro atoms. The summed E-state index contributed by atoms with van der Waals surface area (Å²) in [5.41, 5.74) is -0.188. The lowest BCUT2D eigenvalue weighted by atomic mass is 9.80. The highest BCUT2D eigenvalue weighted by molar-refractivity contribution is 6.03. The van der Waals surface area contributed by atoms with Crippen LogP contribution in [0, 0.1) is 5.82 Å². The first kappa shape index (κ1) is 18.4. The molecular weight excluding hydrogens is 381 g/mol. The van der Waals surface area contributed by atoms with Gasteiger partial charge in [-0.25, -0.2) is 9.18 Å². The number of nitrogens with zero attached hydrogens (tertiary/aromatic N) is 3. The first-order valence-corrected chi connectivity index (χ1v) is 9.89. The van der Waals surface area contributed by atoms with E-state index in [1.165, 1.54) is 11.0 Å². The van der Waals surface area contributed by atoms with Gasteiger partial charge in [-0.05, 0) is 39.2 Å². The third-order valence-electron chi connectivity index (χ3n) is 6.04. The van der Waals surface area contributed by atoms with Crippen molar-refractivity contribution in [1.82, 2.24) is 5.16 Å². The van der Waals surface area contributed by atoms with Crippen molar-refractivity contribution in [2.45, 2.75) is 50.9 Å². The molecular formula is C20H22FN3O5. The zero-order valence-corrected chi connectivity index (χ0v) is 16.3. The molecule has 1 aromatic carbocycles. The number of hydrogen-bond acceptors (Lipinski definition) is 7. The molecule has 9 heteroatoms. The highest BCUT2D eigenvalue weighted by atomic mass is 19.1. The lowest BCUT2D eigenvalue weighted by Gasteiger charge is -2.37. The molecule has 3 fully saturated rings. The molecule has 1 amide bonds. The van der Waals surface area contributed by atoms with Crippen LogP contribution in [0.1, 0.15) is 43.5 Å². The Kier molecular flexibility index (Phi) is 4.06. The zero-order chi connectivity index (χ0) is 20.3. The Morgan fingerprint density at radius 3 is 2.59 bits per heavy atom. The van der Waals surface area contributed by atoms with Crippen LogP contribution in [0.25, 0.3) is 11.0 Å². The van der Waals surface area contributed by atoms with Gasteiger partial charge in [-0.15, -0.1) is 0 Å². The number of morpholine rings is 1. The van der Waals surface area contributed by atoms with Crippen LogP contribution in [0.15, 0.2) is 10.6 Å². The first-order chi connectivity index (χ1) is 13.9. The minimum atomic E-state index is -0.657. The Bertz CT molecular complexity index is 992. The normalized spacial score (nSPS) is 26.1. The second-order valence-electron chi connectivity index (χ2n) is 8.28. The van der Waals surface area contributed by atoms with E-state index in [1.54, 1.807) is 4.90 Å². The molecule has 1 saturated carbocycles. The van der Waals surface area contributed by atoms with E-state index in [0.29, 0.717) is 25.9 Å². The molecule has 2 aromatic rings. The van der Waals surface area contributed by atoms with E-state index in [-0.39, 0.29) is 40.2 Å². The van der Waals surface area contributed by atoms with Crippen molar-refractivity contribution in [3.8, 4) is 0 Å². The van der Waals surface area contributed by atoms with Gasteiger partial charge in [0, 0.05) is 18.7 Å². The van der Waals surface area contributed by atoms with Crippen LogP contribution in [0.3, 0.4) is 0 Å². The second kappa shape index (κ2) is 6.41. The van der Waals surface area contributed by atoms with Gasteiger partial charge < -0.3 is 18.9 Å². The highest BCUT2D eigenvalue weighted by Crippen LogP contribution is 2.44. The summed E-state index contributed by atoms with van der Waals surface area (Å²) in [7, 11) is 0. The Labute approximate surface area is 166 Å². The summed E-state index contributed by atoms with van der Waals surface area (Å²) in [5.74, 6) is -0.471. The number of benzene rings is 1. The molecule has 3 aliphatic rings. The minimum Gasteiger partial charge on any atom is -0.441 e. The van der Waals surface area contributed by atoms with Crippen LogP contribution >= 0.6 is 0 Å². The van der Waals surface area contributed by atoms with Crippen molar-refractivity contribution in [3.05, 3.63) is 17.4 Å². The van der Waals surface area contributed by atoms with Gasteiger partial charge in [0.1, 0.15) is 5.60 Å². The number of aldehydes is 1. The van der Waals surface area contributed by atoms with Gasteiger partial charge in [0.15, 0.2) is 17.9 Å². The number of anilines is 2. The Morgan fingerprint density at radius 2 is 2.00 bits per heavy atom. The lowest BCUT2D eigenvalue weighted by Crippen LogP contribution is -2.46. The van der Waals surface area contributed by atoms with E-state index in [9.17, 15) is 9.59 Å². The molecule has 2 saturated heterocycles. The SMILES string of the molecule is C[C@@H]1CN(c2c(C=O)cc3c(N4CC5(CCC5)OC4=O)noc3c2F)C[C@@H](C)O1. The van der Waals surface area contributed by atoms with Crippen molar-refractivity contribution in [1.29, 1.82) is 0 Å². The van der Waals surface area contributed by atoms with E-state index >= 15 is 4.39 Å². The minimum absolute atomic E-state index is 0.0743.